The molecule has 1 N–H and O–H groups in total. The molecule has 2 unspecified atom stereocenters. The van der Waals surface area contributed by atoms with E-state index in [0.717, 1.165) is 5.56 Å². The lowest BCUT2D eigenvalue weighted by Gasteiger charge is -2.18. The minimum absolute atomic E-state index is 0.111. The third-order valence-electron chi connectivity index (χ3n) is 2.64. The average Bonchev–Trinajstić information content (AvgIpc) is 2.50. The molecule has 0 saturated carbocycles. The molecule has 122 valence electrons. The van der Waals surface area contributed by atoms with Crippen molar-refractivity contribution >= 4 is 19.4 Å². The standard InChI is InChI=1S/C14H20NO6P/c1-11(13(16)19-2)21-22(3,18)10-15-14(17)20-9-12-7-5-4-6-8-12/h4-8,11H,9-10H2,1-3H3,(H,15,17). The van der Waals surface area contributed by atoms with Gasteiger partial charge in [-0.25, -0.2) is 9.59 Å². The van der Waals surface area contributed by atoms with Crippen molar-refractivity contribution in [3.63, 3.8) is 0 Å². The lowest BCUT2D eigenvalue weighted by molar-refractivity contribution is -0.147. The van der Waals surface area contributed by atoms with E-state index >= 15 is 0 Å². The first kappa shape index (κ1) is 18.2. The summed E-state index contributed by atoms with van der Waals surface area (Å²) in [5.74, 6) is -0.631. The van der Waals surface area contributed by atoms with E-state index in [1.165, 1.54) is 20.7 Å². The van der Waals surface area contributed by atoms with Crippen LogP contribution in [0.4, 0.5) is 4.79 Å². The normalized spacial score (nSPS) is 14.5. The number of carbonyl (C=O) groups is 2. The summed E-state index contributed by atoms with van der Waals surface area (Å²) in [6, 6.07) is 9.16. The van der Waals surface area contributed by atoms with E-state index in [0.29, 0.717) is 0 Å². The summed E-state index contributed by atoms with van der Waals surface area (Å²) in [5, 5.41) is 2.35. The Morgan fingerprint density at radius 1 is 1.27 bits per heavy atom. The van der Waals surface area contributed by atoms with Crippen LogP contribution in [0.15, 0.2) is 30.3 Å². The number of hydrogen-bond acceptors (Lipinski definition) is 6. The quantitative estimate of drug-likeness (QED) is 0.610. The molecule has 0 radical (unpaired) electrons. The topological polar surface area (TPSA) is 90.9 Å². The molecule has 7 nitrogen and oxygen atoms in total. The molecule has 0 aliphatic carbocycles. The van der Waals surface area contributed by atoms with Crippen LogP contribution in [0, 0.1) is 0 Å². The Hall–Kier alpha value is -1.85. The van der Waals surface area contributed by atoms with Gasteiger partial charge in [-0.1, -0.05) is 30.3 Å². The number of nitrogens with one attached hydrogen (secondary N) is 1. The van der Waals surface area contributed by atoms with Crippen molar-refractivity contribution in [2.75, 3.05) is 20.1 Å². The van der Waals surface area contributed by atoms with Crippen LogP contribution >= 0.6 is 7.37 Å². The maximum Gasteiger partial charge on any atom is 0.407 e. The van der Waals surface area contributed by atoms with E-state index in [1.807, 2.05) is 30.3 Å². The van der Waals surface area contributed by atoms with Crippen molar-refractivity contribution in [3.8, 4) is 0 Å². The number of alkyl carbamates (subject to hydrolysis) is 1. The second-order valence-electron chi connectivity index (χ2n) is 4.68. The van der Waals surface area contributed by atoms with Crippen LogP contribution in [0.3, 0.4) is 0 Å². The van der Waals surface area contributed by atoms with Crippen molar-refractivity contribution in [2.45, 2.75) is 19.6 Å². The fraction of sp³-hybridized carbons (Fsp3) is 0.429. The van der Waals surface area contributed by atoms with Gasteiger partial charge in [0.1, 0.15) is 6.61 Å². The third-order valence-corrected chi connectivity index (χ3v) is 4.13. The summed E-state index contributed by atoms with van der Waals surface area (Å²) in [4.78, 5) is 22.7. The predicted molar refractivity (Wildman–Crippen MR) is 80.7 cm³/mol. The highest BCUT2D eigenvalue weighted by molar-refractivity contribution is 7.58. The van der Waals surface area contributed by atoms with Gasteiger partial charge in [-0.3, -0.25) is 4.57 Å². The van der Waals surface area contributed by atoms with E-state index in [9.17, 15) is 14.2 Å². The van der Waals surface area contributed by atoms with Crippen LogP contribution in [0.2, 0.25) is 0 Å². The Balaban J connectivity index is 2.36. The maximum absolute atomic E-state index is 12.1. The largest absolute Gasteiger partial charge is 0.467 e. The van der Waals surface area contributed by atoms with Gasteiger partial charge in [-0.15, -0.1) is 0 Å². The van der Waals surface area contributed by atoms with Crippen LogP contribution in [-0.2, 0) is 30.0 Å². The van der Waals surface area contributed by atoms with E-state index < -0.39 is 25.5 Å². The molecule has 0 aliphatic heterocycles. The SMILES string of the molecule is COC(=O)C(C)OP(C)(=O)CNC(=O)OCc1ccccc1. The first-order valence-electron chi connectivity index (χ1n) is 6.61. The molecule has 0 saturated heterocycles. The summed E-state index contributed by atoms with van der Waals surface area (Å²) in [7, 11) is -1.97. The molecular formula is C14H20NO6P. The summed E-state index contributed by atoms with van der Waals surface area (Å²) in [6.07, 6.45) is -1.91. The second-order valence-corrected chi connectivity index (χ2v) is 7.24. The third kappa shape index (κ3) is 6.74. The number of amides is 1. The molecule has 8 heteroatoms. The first-order chi connectivity index (χ1) is 10.3. The van der Waals surface area contributed by atoms with Crippen LogP contribution in [-0.4, -0.2) is 38.2 Å². The number of ether oxygens (including phenoxy) is 2. The minimum Gasteiger partial charge on any atom is -0.467 e. The number of methoxy groups -OCH3 is 1. The second kappa shape index (κ2) is 8.56. The Morgan fingerprint density at radius 2 is 1.91 bits per heavy atom. The lowest BCUT2D eigenvalue weighted by Crippen LogP contribution is -2.28. The smallest absolute Gasteiger partial charge is 0.407 e. The first-order valence-corrected chi connectivity index (χ1v) is 8.87. The van der Waals surface area contributed by atoms with E-state index in [-0.39, 0.29) is 12.9 Å². The minimum atomic E-state index is -3.18. The van der Waals surface area contributed by atoms with Crippen LogP contribution in [0.25, 0.3) is 0 Å². The van der Waals surface area contributed by atoms with Crippen molar-refractivity contribution in [3.05, 3.63) is 35.9 Å². The molecule has 1 rings (SSSR count). The summed E-state index contributed by atoms with van der Waals surface area (Å²) in [6.45, 7) is 2.86. The lowest BCUT2D eigenvalue weighted by atomic mass is 10.2. The average molecular weight is 329 g/mol. The molecule has 0 fully saturated rings. The Bertz CT molecular complexity index is 548. The Labute approximate surface area is 129 Å². The highest BCUT2D eigenvalue weighted by Crippen LogP contribution is 2.42. The highest BCUT2D eigenvalue weighted by atomic mass is 31.2. The molecule has 22 heavy (non-hydrogen) atoms. The monoisotopic (exact) mass is 329 g/mol. The maximum atomic E-state index is 12.1. The van der Waals surface area contributed by atoms with Gasteiger partial charge in [0.2, 0.25) is 7.37 Å². The van der Waals surface area contributed by atoms with Crippen molar-refractivity contribution < 1.29 is 28.2 Å². The fourth-order valence-corrected chi connectivity index (χ4v) is 2.81. The van der Waals surface area contributed by atoms with Gasteiger partial charge in [0.15, 0.2) is 6.10 Å². The van der Waals surface area contributed by atoms with Crippen LogP contribution in [0.5, 0.6) is 0 Å². The van der Waals surface area contributed by atoms with Gasteiger partial charge in [0, 0.05) is 6.66 Å². The number of esters is 1. The van der Waals surface area contributed by atoms with Crippen molar-refractivity contribution in [2.24, 2.45) is 0 Å². The zero-order chi connectivity index (χ0) is 16.6. The van der Waals surface area contributed by atoms with Gasteiger partial charge in [-0.2, -0.15) is 0 Å². The highest BCUT2D eigenvalue weighted by Gasteiger charge is 2.25. The van der Waals surface area contributed by atoms with Gasteiger partial charge < -0.3 is 19.3 Å². The molecule has 2 atom stereocenters. The van der Waals surface area contributed by atoms with Gasteiger partial charge in [0.25, 0.3) is 0 Å². The zero-order valence-electron chi connectivity index (χ0n) is 12.8. The summed E-state index contributed by atoms with van der Waals surface area (Å²) < 4.78 is 26.7. The summed E-state index contributed by atoms with van der Waals surface area (Å²) in [5.41, 5.74) is 0.841. The molecule has 0 bridgehead atoms. The number of hydrogen-bond donors (Lipinski definition) is 1. The molecule has 1 amide bonds. The number of carbonyl (C=O) groups excluding carboxylic acids is 2. The van der Waals surface area contributed by atoms with Crippen LogP contribution in [0.1, 0.15) is 12.5 Å². The van der Waals surface area contributed by atoms with Gasteiger partial charge >= 0.3 is 12.1 Å². The number of benzene rings is 1. The van der Waals surface area contributed by atoms with E-state index in [4.69, 9.17) is 9.26 Å². The molecule has 0 spiro atoms. The predicted octanol–water partition coefficient (Wildman–Crippen LogP) is 2.36. The van der Waals surface area contributed by atoms with Crippen molar-refractivity contribution in [1.29, 1.82) is 0 Å². The van der Waals surface area contributed by atoms with Crippen molar-refractivity contribution in [1.82, 2.24) is 5.32 Å². The Kier molecular flexibility index (Phi) is 7.08. The molecule has 1 aromatic carbocycles. The fourth-order valence-electron chi connectivity index (χ4n) is 1.56. The van der Waals surface area contributed by atoms with E-state index in [2.05, 4.69) is 10.1 Å². The van der Waals surface area contributed by atoms with Crippen LogP contribution < -0.4 is 5.32 Å². The van der Waals surface area contributed by atoms with Gasteiger partial charge in [0.05, 0.1) is 13.4 Å². The number of rotatable bonds is 7. The van der Waals surface area contributed by atoms with Gasteiger partial charge in [-0.05, 0) is 12.5 Å². The molecular weight excluding hydrogens is 309 g/mol. The Morgan fingerprint density at radius 3 is 2.50 bits per heavy atom. The molecule has 0 aliphatic rings. The molecule has 0 aromatic heterocycles. The molecule has 0 heterocycles. The zero-order valence-corrected chi connectivity index (χ0v) is 13.7. The molecule has 1 aromatic rings. The van der Waals surface area contributed by atoms with E-state index in [1.54, 1.807) is 0 Å². The summed E-state index contributed by atoms with van der Waals surface area (Å²) >= 11 is 0.